The molecule has 1 aliphatic heterocycles. The molecule has 0 aromatic rings. The van der Waals surface area contributed by atoms with Crippen molar-refractivity contribution >= 4 is 5.78 Å². The van der Waals surface area contributed by atoms with E-state index in [1.165, 1.54) is 0 Å². The van der Waals surface area contributed by atoms with Gasteiger partial charge in [-0.25, -0.2) is 0 Å². The van der Waals surface area contributed by atoms with E-state index in [2.05, 4.69) is 7.05 Å². The molecular formula is C12H20NO2+. The molecule has 15 heavy (non-hydrogen) atoms. The van der Waals surface area contributed by atoms with Gasteiger partial charge in [-0.1, -0.05) is 0 Å². The highest BCUT2D eigenvalue weighted by Gasteiger charge is 2.54. The van der Waals surface area contributed by atoms with Gasteiger partial charge >= 0.3 is 0 Å². The van der Waals surface area contributed by atoms with Gasteiger partial charge < -0.3 is 9.22 Å². The van der Waals surface area contributed by atoms with Crippen molar-refractivity contribution in [2.45, 2.75) is 25.3 Å². The summed E-state index contributed by atoms with van der Waals surface area (Å²) < 4.78 is 6.52. The van der Waals surface area contributed by atoms with Crippen LogP contribution in [0, 0.1) is 11.8 Å². The number of quaternary nitrogens is 1. The van der Waals surface area contributed by atoms with Crippen LogP contribution in [0.1, 0.15) is 19.3 Å². The second-order valence-corrected chi connectivity index (χ2v) is 5.63. The summed E-state index contributed by atoms with van der Waals surface area (Å²) in [5.74, 6) is 1.38. The van der Waals surface area contributed by atoms with Gasteiger partial charge in [-0.05, 0) is 12.8 Å². The van der Waals surface area contributed by atoms with Gasteiger partial charge in [-0.15, -0.1) is 0 Å². The minimum absolute atomic E-state index is 0.387. The normalized spacial score (nSPS) is 43.5. The molecular weight excluding hydrogens is 190 g/mol. The molecule has 0 spiro atoms. The number of fused-ring (bicyclic) bond motifs is 2. The Morgan fingerprint density at radius 3 is 2.53 bits per heavy atom. The van der Waals surface area contributed by atoms with Crippen molar-refractivity contribution in [3.8, 4) is 0 Å². The molecule has 0 radical (unpaired) electrons. The molecule has 84 valence electrons. The van der Waals surface area contributed by atoms with E-state index in [0.717, 1.165) is 50.0 Å². The molecule has 3 rings (SSSR count). The Bertz CT molecular complexity index is 283. The summed E-state index contributed by atoms with van der Waals surface area (Å²) in [4.78, 5) is 11.9. The summed E-state index contributed by atoms with van der Waals surface area (Å²) in [6.45, 7) is 3.94. The number of rotatable bonds is 1. The largest absolute Gasteiger partial charge is 0.370 e. The van der Waals surface area contributed by atoms with Crippen molar-refractivity contribution in [3.63, 3.8) is 0 Å². The Morgan fingerprint density at radius 2 is 2.00 bits per heavy atom. The fraction of sp³-hybridized carbons (Fsp3) is 0.917. The van der Waals surface area contributed by atoms with Crippen molar-refractivity contribution in [1.29, 1.82) is 0 Å². The summed E-state index contributed by atoms with van der Waals surface area (Å²) in [6.07, 6.45) is 3.47. The van der Waals surface area contributed by atoms with Gasteiger partial charge in [0.1, 0.15) is 18.9 Å². The zero-order valence-corrected chi connectivity index (χ0v) is 9.45. The van der Waals surface area contributed by atoms with Crippen LogP contribution in [0.25, 0.3) is 0 Å². The molecule has 0 aromatic carbocycles. The van der Waals surface area contributed by atoms with E-state index in [-0.39, 0.29) is 0 Å². The zero-order valence-electron chi connectivity index (χ0n) is 9.45. The van der Waals surface area contributed by atoms with E-state index in [1.807, 2.05) is 0 Å². The second-order valence-electron chi connectivity index (χ2n) is 5.63. The van der Waals surface area contributed by atoms with Gasteiger partial charge in [0, 0.05) is 12.3 Å². The minimum Gasteiger partial charge on any atom is -0.370 e. The van der Waals surface area contributed by atoms with Gasteiger partial charge in [-0.3, -0.25) is 4.79 Å². The molecule has 0 unspecified atom stereocenters. The third-order valence-electron chi connectivity index (χ3n) is 4.88. The van der Waals surface area contributed by atoms with Gasteiger partial charge in [0.15, 0.2) is 0 Å². The summed E-state index contributed by atoms with van der Waals surface area (Å²) in [6, 6.07) is 0.611. The first-order valence-corrected chi connectivity index (χ1v) is 6.16. The lowest BCUT2D eigenvalue weighted by atomic mass is 9.92. The number of ketones is 1. The zero-order chi connectivity index (χ0) is 10.5. The average molecular weight is 210 g/mol. The van der Waals surface area contributed by atoms with Crippen molar-refractivity contribution in [2.24, 2.45) is 11.8 Å². The maximum Gasteiger partial charge on any atom is 0.145 e. The predicted octanol–water partition coefficient (Wildman–Crippen LogP) is 0.831. The summed E-state index contributed by atoms with van der Waals surface area (Å²) >= 11 is 0. The first kappa shape index (κ1) is 9.79. The standard InChI is InChI=1S/C12H20NO2/c1-13(4-6-15-7-5-13)11-8-9-2-3-10(11)12(9)14/h9-11H,2-8H2,1H3/q+1/t9-,10+,11-/m1/s1. The molecule has 0 N–H and O–H groups in total. The second kappa shape index (κ2) is 3.29. The Morgan fingerprint density at radius 1 is 1.27 bits per heavy atom. The highest BCUT2D eigenvalue weighted by molar-refractivity contribution is 5.88. The molecule has 3 fully saturated rings. The van der Waals surface area contributed by atoms with E-state index in [4.69, 9.17) is 4.74 Å². The molecule has 1 heterocycles. The van der Waals surface area contributed by atoms with Gasteiger partial charge in [0.05, 0.1) is 32.2 Å². The number of nitrogens with zero attached hydrogens (tertiary/aromatic N) is 1. The first-order chi connectivity index (χ1) is 7.21. The van der Waals surface area contributed by atoms with E-state index in [1.54, 1.807) is 0 Å². The number of ether oxygens (including phenoxy) is 1. The van der Waals surface area contributed by atoms with Crippen LogP contribution in [0.2, 0.25) is 0 Å². The number of carbonyl (C=O) groups excluding carboxylic acids is 1. The minimum atomic E-state index is 0.387. The molecule has 0 aromatic heterocycles. The fourth-order valence-electron chi connectivity index (χ4n) is 3.82. The van der Waals surface area contributed by atoms with Crippen LogP contribution in [0.3, 0.4) is 0 Å². The third-order valence-corrected chi connectivity index (χ3v) is 4.88. The van der Waals surface area contributed by atoms with Gasteiger partial charge in [0.25, 0.3) is 0 Å². The molecule has 2 saturated carbocycles. The number of hydrogen-bond acceptors (Lipinski definition) is 2. The Labute approximate surface area is 91.0 Å². The van der Waals surface area contributed by atoms with E-state index < -0.39 is 0 Å². The molecule has 3 nitrogen and oxygen atoms in total. The number of morpholine rings is 1. The molecule has 0 amide bonds. The van der Waals surface area contributed by atoms with Crippen LogP contribution in [0.5, 0.6) is 0 Å². The first-order valence-electron chi connectivity index (χ1n) is 6.16. The maximum absolute atomic E-state index is 11.9. The summed E-state index contributed by atoms with van der Waals surface area (Å²) in [7, 11) is 2.32. The van der Waals surface area contributed by atoms with Crippen molar-refractivity contribution < 1.29 is 14.0 Å². The Hall–Kier alpha value is -0.410. The average Bonchev–Trinajstić information content (AvgIpc) is 2.76. The summed E-state index contributed by atoms with van der Waals surface area (Å²) in [5, 5.41) is 0. The molecule has 3 atom stereocenters. The SMILES string of the molecule is C[N+]1([C@@H]2C[C@H]3CC[C@@H]2C3=O)CCOCC1. The van der Waals surface area contributed by atoms with Crippen molar-refractivity contribution in [1.82, 2.24) is 0 Å². The van der Waals surface area contributed by atoms with Crippen molar-refractivity contribution in [3.05, 3.63) is 0 Å². The molecule has 1 saturated heterocycles. The van der Waals surface area contributed by atoms with E-state index in [0.29, 0.717) is 23.7 Å². The number of Topliss-reactive ketones (excluding diaryl/α,β-unsaturated/α-hetero) is 1. The van der Waals surface area contributed by atoms with Crippen molar-refractivity contribution in [2.75, 3.05) is 33.4 Å². The van der Waals surface area contributed by atoms with Crippen LogP contribution in [0.4, 0.5) is 0 Å². The van der Waals surface area contributed by atoms with Gasteiger partial charge in [0.2, 0.25) is 0 Å². The van der Waals surface area contributed by atoms with Gasteiger partial charge in [-0.2, -0.15) is 0 Å². The Balaban J connectivity index is 1.80. The Kier molecular flexibility index (Phi) is 2.15. The number of hydrogen-bond donors (Lipinski definition) is 0. The van der Waals surface area contributed by atoms with Crippen LogP contribution >= 0.6 is 0 Å². The quantitative estimate of drug-likeness (QED) is 0.599. The molecule has 3 aliphatic rings. The van der Waals surface area contributed by atoms with Crippen LogP contribution < -0.4 is 0 Å². The highest BCUT2D eigenvalue weighted by Crippen LogP contribution is 2.45. The number of likely N-dealkylation sites (N-methyl/N-ethyl adjacent to an activating group) is 1. The third kappa shape index (κ3) is 1.36. The number of carbonyl (C=O) groups is 1. The van der Waals surface area contributed by atoms with Crippen LogP contribution in [-0.4, -0.2) is 49.7 Å². The lowest BCUT2D eigenvalue weighted by Crippen LogP contribution is -2.59. The van der Waals surface area contributed by atoms with E-state index in [9.17, 15) is 4.79 Å². The smallest absolute Gasteiger partial charge is 0.145 e. The molecule has 3 heteroatoms. The predicted molar refractivity (Wildman–Crippen MR) is 56.4 cm³/mol. The lowest BCUT2D eigenvalue weighted by molar-refractivity contribution is -0.942. The topological polar surface area (TPSA) is 26.3 Å². The lowest BCUT2D eigenvalue weighted by Gasteiger charge is -2.45. The summed E-state index contributed by atoms with van der Waals surface area (Å²) in [5.41, 5.74) is 0. The fourth-order valence-corrected chi connectivity index (χ4v) is 3.82. The molecule has 2 bridgehead atoms. The van der Waals surface area contributed by atoms with E-state index >= 15 is 0 Å². The highest BCUT2D eigenvalue weighted by atomic mass is 16.5. The van der Waals surface area contributed by atoms with Crippen LogP contribution in [-0.2, 0) is 9.53 Å². The maximum atomic E-state index is 11.9. The molecule has 2 aliphatic carbocycles. The monoisotopic (exact) mass is 210 g/mol. The van der Waals surface area contributed by atoms with Crippen LogP contribution in [0.15, 0.2) is 0 Å².